The molecule has 1 aromatic carbocycles. The van der Waals surface area contributed by atoms with E-state index in [1.54, 1.807) is 29.6 Å². The van der Waals surface area contributed by atoms with E-state index in [0.29, 0.717) is 5.69 Å². The summed E-state index contributed by atoms with van der Waals surface area (Å²) in [5.74, 6) is 0. The monoisotopic (exact) mass is 194 g/mol. The molecule has 0 saturated carbocycles. The van der Waals surface area contributed by atoms with Crippen molar-refractivity contribution in [1.82, 2.24) is 5.32 Å². The molecule has 1 aromatic rings. The fraction of sp³-hybridized carbons (Fsp3) is 0.111. The van der Waals surface area contributed by atoms with Gasteiger partial charge < -0.3 is 5.11 Å². The Hall–Kier alpha value is -2.04. The van der Waals surface area contributed by atoms with Gasteiger partial charge in [0.25, 0.3) is 0 Å². The van der Waals surface area contributed by atoms with Crippen LogP contribution >= 0.6 is 0 Å². The summed E-state index contributed by atoms with van der Waals surface area (Å²) in [7, 11) is 1.49. The number of imide groups is 1. The fourth-order valence-electron chi connectivity index (χ4n) is 0.944. The predicted octanol–water partition coefficient (Wildman–Crippen LogP) is 1.51. The fourth-order valence-corrected chi connectivity index (χ4v) is 0.944. The SMILES string of the molecule is CN(C(=O)NC(=O)O)c1ccccc1. The summed E-state index contributed by atoms with van der Waals surface area (Å²) in [4.78, 5) is 22.6. The molecular formula is C9H10N2O3. The van der Waals surface area contributed by atoms with E-state index in [0.717, 1.165) is 0 Å². The first-order chi connectivity index (χ1) is 6.61. The van der Waals surface area contributed by atoms with Crippen LogP contribution in [0, 0.1) is 0 Å². The van der Waals surface area contributed by atoms with Crippen molar-refractivity contribution in [2.75, 3.05) is 11.9 Å². The smallest absolute Gasteiger partial charge is 0.412 e. The van der Waals surface area contributed by atoms with Crippen LogP contribution in [0.5, 0.6) is 0 Å². The molecule has 0 aromatic heterocycles. The zero-order chi connectivity index (χ0) is 10.6. The molecule has 0 radical (unpaired) electrons. The van der Waals surface area contributed by atoms with Gasteiger partial charge in [0.1, 0.15) is 0 Å². The first-order valence-corrected chi connectivity index (χ1v) is 3.94. The Labute approximate surface area is 81.0 Å². The van der Waals surface area contributed by atoms with Crippen molar-refractivity contribution in [3.63, 3.8) is 0 Å². The van der Waals surface area contributed by atoms with Gasteiger partial charge in [-0.25, -0.2) is 14.9 Å². The third-order valence-corrected chi connectivity index (χ3v) is 1.66. The number of nitrogens with zero attached hydrogens (tertiary/aromatic N) is 1. The summed E-state index contributed by atoms with van der Waals surface area (Å²) in [6.45, 7) is 0. The van der Waals surface area contributed by atoms with E-state index >= 15 is 0 Å². The summed E-state index contributed by atoms with van der Waals surface area (Å²) >= 11 is 0. The van der Waals surface area contributed by atoms with Gasteiger partial charge in [-0.05, 0) is 12.1 Å². The van der Waals surface area contributed by atoms with Crippen LogP contribution in [0.4, 0.5) is 15.3 Å². The molecule has 2 N–H and O–H groups in total. The Bertz CT molecular complexity index is 337. The van der Waals surface area contributed by atoms with Crippen LogP contribution in [0.2, 0.25) is 0 Å². The standard InChI is InChI=1S/C9H10N2O3/c1-11(8(12)10-9(13)14)7-5-3-2-4-6-7/h2-6H,1H3,(H,10,12)(H,13,14). The van der Waals surface area contributed by atoms with E-state index in [1.807, 2.05) is 6.07 Å². The summed E-state index contributed by atoms with van der Waals surface area (Å²) < 4.78 is 0. The normalized spacial score (nSPS) is 9.21. The molecule has 0 spiro atoms. The van der Waals surface area contributed by atoms with Crippen molar-refractivity contribution < 1.29 is 14.7 Å². The molecule has 74 valence electrons. The van der Waals surface area contributed by atoms with E-state index in [-0.39, 0.29) is 0 Å². The maximum Gasteiger partial charge on any atom is 0.412 e. The lowest BCUT2D eigenvalue weighted by molar-refractivity contribution is 0.193. The molecule has 0 fully saturated rings. The minimum Gasteiger partial charge on any atom is -0.465 e. The second-order valence-corrected chi connectivity index (χ2v) is 2.63. The van der Waals surface area contributed by atoms with Crippen molar-refractivity contribution in [3.8, 4) is 0 Å². The van der Waals surface area contributed by atoms with Crippen molar-refractivity contribution >= 4 is 17.8 Å². The van der Waals surface area contributed by atoms with E-state index in [2.05, 4.69) is 0 Å². The van der Waals surface area contributed by atoms with Crippen LogP contribution in [0.15, 0.2) is 30.3 Å². The summed E-state index contributed by atoms with van der Waals surface area (Å²) in [6, 6.07) is 8.08. The lowest BCUT2D eigenvalue weighted by Gasteiger charge is -2.15. The van der Waals surface area contributed by atoms with Gasteiger partial charge in [-0.1, -0.05) is 18.2 Å². The topological polar surface area (TPSA) is 69.6 Å². The minimum atomic E-state index is -1.36. The first-order valence-electron chi connectivity index (χ1n) is 3.94. The number of benzene rings is 1. The Morgan fingerprint density at radius 2 is 1.86 bits per heavy atom. The Balaban J connectivity index is 2.71. The third-order valence-electron chi connectivity index (χ3n) is 1.66. The zero-order valence-corrected chi connectivity index (χ0v) is 7.60. The van der Waals surface area contributed by atoms with Crippen LogP contribution in [0.3, 0.4) is 0 Å². The second-order valence-electron chi connectivity index (χ2n) is 2.63. The number of hydrogen-bond acceptors (Lipinski definition) is 2. The summed E-state index contributed by atoms with van der Waals surface area (Å²) in [6.07, 6.45) is -1.36. The highest BCUT2D eigenvalue weighted by atomic mass is 16.4. The molecule has 0 aliphatic heterocycles. The van der Waals surface area contributed by atoms with Crippen molar-refractivity contribution in [2.45, 2.75) is 0 Å². The summed E-state index contributed by atoms with van der Waals surface area (Å²) in [5.41, 5.74) is 0.631. The van der Waals surface area contributed by atoms with E-state index in [4.69, 9.17) is 5.11 Å². The molecule has 14 heavy (non-hydrogen) atoms. The Morgan fingerprint density at radius 1 is 1.29 bits per heavy atom. The third kappa shape index (κ3) is 2.48. The number of carboxylic acid groups (broad SMARTS) is 1. The average molecular weight is 194 g/mol. The molecule has 0 unspecified atom stereocenters. The summed E-state index contributed by atoms with van der Waals surface area (Å²) in [5, 5.41) is 10.1. The van der Waals surface area contributed by atoms with Gasteiger partial charge in [-0.15, -0.1) is 0 Å². The number of rotatable bonds is 1. The molecule has 5 heteroatoms. The lowest BCUT2D eigenvalue weighted by Crippen LogP contribution is -2.40. The minimum absolute atomic E-state index is 0.631. The first kappa shape index (κ1) is 10.0. The molecular weight excluding hydrogens is 184 g/mol. The van der Waals surface area contributed by atoms with Gasteiger partial charge in [0.05, 0.1) is 0 Å². The van der Waals surface area contributed by atoms with Gasteiger partial charge in [0.2, 0.25) is 0 Å². The van der Waals surface area contributed by atoms with Gasteiger partial charge in [0.15, 0.2) is 0 Å². The highest BCUT2D eigenvalue weighted by Gasteiger charge is 2.12. The number of anilines is 1. The number of urea groups is 1. The number of hydrogen-bond donors (Lipinski definition) is 2. The highest BCUT2D eigenvalue weighted by Crippen LogP contribution is 2.10. The Morgan fingerprint density at radius 3 is 2.36 bits per heavy atom. The lowest BCUT2D eigenvalue weighted by atomic mass is 10.3. The zero-order valence-electron chi connectivity index (χ0n) is 7.60. The van der Waals surface area contributed by atoms with Crippen molar-refractivity contribution in [1.29, 1.82) is 0 Å². The van der Waals surface area contributed by atoms with Crippen molar-refractivity contribution in [3.05, 3.63) is 30.3 Å². The maximum absolute atomic E-state index is 11.2. The molecule has 0 atom stereocenters. The van der Waals surface area contributed by atoms with E-state index in [1.165, 1.54) is 11.9 Å². The van der Waals surface area contributed by atoms with E-state index < -0.39 is 12.1 Å². The molecule has 0 saturated heterocycles. The van der Waals surface area contributed by atoms with Gasteiger partial charge >= 0.3 is 12.1 Å². The van der Waals surface area contributed by atoms with E-state index in [9.17, 15) is 9.59 Å². The number of carbonyl (C=O) groups is 2. The Kier molecular flexibility index (Phi) is 3.06. The average Bonchev–Trinajstić information content (AvgIpc) is 2.17. The molecule has 0 aliphatic carbocycles. The number of carbonyl (C=O) groups excluding carboxylic acids is 1. The number of nitrogens with one attached hydrogen (secondary N) is 1. The second kappa shape index (κ2) is 4.27. The van der Waals surface area contributed by atoms with Crippen LogP contribution in [-0.2, 0) is 0 Å². The van der Waals surface area contributed by atoms with Gasteiger partial charge in [-0.2, -0.15) is 0 Å². The number of amides is 3. The van der Waals surface area contributed by atoms with Crippen LogP contribution in [0.25, 0.3) is 0 Å². The molecule has 5 nitrogen and oxygen atoms in total. The number of para-hydroxylation sites is 1. The molecule has 1 rings (SSSR count). The van der Waals surface area contributed by atoms with Gasteiger partial charge in [-0.3, -0.25) is 4.90 Å². The molecule has 3 amide bonds. The van der Waals surface area contributed by atoms with Crippen LogP contribution < -0.4 is 10.2 Å². The van der Waals surface area contributed by atoms with Crippen LogP contribution in [-0.4, -0.2) is 24.3 Å². The van der Waals surface area contributed by atoms with Crippen molar-refractivity contribution in [2.24, 2.45) is 0 Å². The predicted molar refractivity (Wildman–Crippen MR) is 51.4 cm³/mol. The largest absolute Gasteiger partial charge is 0.465 e. The van der Waals surface area contributed by atoms with Gasteiger partial charge in [0, 0.05) is 12.7 Å². The molecule has 0 heterocycles. The molecule has 0 aliphatic rings. The quantitative estimate of drug-likeness (QED) is 0.711. The van der Waals surface area contributed by atoms with Crippen LogP contribution in [0.1, 0.15) is 0 Å². The maximum atomic E-state index is 11.2. The molecule has 0 bridgehead atoms. The highest BCUT2D eigenvalue weighted by molar-refractivity contribution is 5.99.